The molecular formula is C7H8ClNO4S2. The molecule has 0 radical (unpaired) electrons. The zero-order valence-electron chi connectivity index (χ0n) is 7.47. The van der Waals surface area contributed by atoms with Gasteiger partial charge in [0.05, 0.1) is 6.61 Å². The van der Waals surface area contributed by atoms with Gasteiger partial charge in [0.15, 0.2) is 0 Å². The third kappa shape index (κ3) is 5.60. The Labute approximate surface area is 95.6 Å². The Balaban J connectivity index is 2.24. The van der Waals surface area contributed by atoms with Crippen LogP contribution in [0.5, 0.6) is 0 Å². The molecule has 0 bridgehead atoms. The number of halogens is 1. The zero-order valence-corrected chi connectivity index (χ0v) is 9.86. The first-order chi connectivity index (χ1) is 6.97. The monoisotopic (exact) mass is 269 g/mol. The molecule has 0 unspecified atom stereocenters. The van der Waals surface area contributed by atoms with E-state index in [1.54, 1.807) is 0 Å². The Bertz CT molecular complexity index is 414. The van der Waals surface area contributed by atoms with Crippen LogP contribution in [-0.2, 0) is 20.4 Å². The minimum atomic E-state index is -4.06. The second-order valence-electron chi connectivity index (χ2n) is 2.51. The minimum absolute atomic E-state index is 0.110. The lowest BCUT2D eigenvalue weighted by Crippen LogP contribution is -2.27. The van der Waals surface area contributed by atoms with Gasteiger partial charge in [0.25, 0.3) is 0 Å². The summed E-state index contributed by atoms with van der Waals surface area (Å²) in [4.78, 5) is 11.8. The van der Waals surface area contributed by atoms with E-state index in [-0.39, 0.29) is 6.61 Å². The van der Waals surface area contributed by atoms with E-state index in [9.17, 15) is 13.2 Å². The van der Waals surface area contributed by atoms with Crippen LogP contribution in [0.3, 0.4) is 0 Å². The highest BCUT2D eigenvalue weighted by molar-refractivity contribution is 8.12. The number of thiophene rings is 1. The zero-order chi connectivity index (χ0) is 11.3. The van der Waals surface area contributed by atoms with Crippen molar-refractivity contribution in [2.75, 3.05) is 6.61 Å². The van der Waals surface area contributed by atoms with Gasteiger partial charge >= 0.3 is 15.3 Å². The van der Waals surface area contributed by atoms with Crippen molar-refractivity contribution in [3.8, 4) is 0 Å². The summed E-state index contributed by atoms with van der Waals surface area (Å²) in [6.45, 7) is 0.110. The van der Waals surface area contributed by atoms with Gasteiger partial charge in [0.1, 0.15) is 0 Å². The number of rotatable bonds is 4. The van der Waals surface area contributed by atoms with E-state index in [1.165, 1.54) is 16.1 Å². The van der Waals surface area contributed by atoms with E-state index in [0.29, 0.717) is 6.42 Å². The fourth-order valence-electron chi connectivity index (χ4n) is 0.828. The summed E-state index contributed by atoms with van der Waals surface area (Å²) < 4.78 is 26.8. The molecule has 0 aromatic carbocycles. The van der Waals surface area contributed by atoms with Crippen molar-refractivity contribution >= 4 is 37.3 Å². The van der Waals surface area contributed by atoms with E-state index in [4.69, 9.17) is 10.7 Å². The molecule has 84 valence electrons. The lowest BCUT2D eigenvalue weighted by atomic mass is 10.4. The van der Waals surface area contributed by atoms with Crippen LogP contribution in [-0.4, -0.2) is 21.1 Å². The summed E-state index contributed by atoms with van der Waals surface area (Å²) >= 11 is 1.53. The first-order valence-corrected chi connectivity index (χ1v) is 7.08. The van der Waals surface area contributed by atoms with E-state index < -0.39 is 15.3 Å². The second kappa shape index (κ2) is 5.34. The molecule has 0 saturated heterocycles. The van der Waals surface area contributed by atoms with Crippen molar-refractivity contribution in [3.05, 3.63) is 22.4 Å². The summed E-state index contributed by atoms with van der Waals surface area (Å²) in [7, 11) is 0.712. The van der Waals surface area contributed by atoms with Gasteiger partial charge in [-0.15, -0.1) is 11.3 Å². The maximum absolute atomic E-state index is 10.8. The third-order valence-electron chi connectivity index (χ3n) is 1.37. The van der Waals surface area contributed by atoms with E-state index in [1.807, 2.05) is 17.5 Å². The van der Waals surface area contributed by atoms with Gasteiger partial charge in [-0.05, 0) is 11.4 Å². The second-order valence-corrected chi connectivity index (χ2v) is 5.84. The molecule has 0 aliphatic rings. The highest BCUT2D eigenvalue weighted by Crippen LogP contribution is 2.08. The van der Waals surface area contributed by atoms with Crippen LogP contribution in [0.4, 0.5) is 4.79 Å². The topological polar surface area (TPSA) is 72.5 Å². The van der Waals surface area contributed by atoms with Crippen LogP contribution in [0.25, 0.3) is 0 Å². The Kier molecular flexibility index (Phi) is 4.37. The van der Waals surface area contributed by atoms with Crippen molar-refractivity contribution < 1.29 is 17.9 Å². The number of hydrogen-bond acceptors (Lipinski definition) is 5. The maximum atomic E-state index is 10.8. The molecule has 1 N–H and O–H groups in total. The minimum Gasteiger partial charge on any atom is -0.448 e. The molecule has 0 aliphatic heterocycles. The van der Waals surface area contributed by atoms with Gasteiger partial charge in [0.2, 0.25) is 0 Å². The fourth-order valence-corrected chi connectivity index (χ4v) is 1.97. The molecule has 8 heteroatoms. The largest absolute Gasteiger partial charge is 0.448 e. The van der Waals surface area contributed by atoms with Gasteiger partial charge in [-0.1, -0.05) is 6.07 Å². The standard InChI is InChI=1S/C7H8ClNO4S2/c8-15(11,12)9-7(10)13-4-3-6-2-1-5-14-6/h1-2,5H,3-4H2,(H,9,10). The average Bonchev–Trinajstić information content (AvgIpc) is 2.53. The summed E-state index contributed by atoms with van der Waals surface area (Å²) in [6.07, 6.45) is -0.519. The first-order valence-electron chi connectivity index (χ1n) is 3.89. The van der Waals surface area contributed by atoms with E-state index in [0.717, 1.165) is 4.88 Å². The Morgan fingerprint density at radius 1 is 1.60 bits per heavy atom. The lowest BCUT2D eigenvalue weighted by molar-refractivity contribution is 0.154. The predicted octanol–water partition coefficient (Wildman–Crippen LogP) is 1.50. The van der Waals surface area contributed by atoms with Gasteiger partial charge in [-0.25, -0.2) is 9.52 Å². The Morgan fingerprint density at radius 3 is 2.87 bits per heavy atom. The van der Waals surface area contributed by atoms with Crippen LogP contribution < -0.4 is 4.72 Å². The highest BCUT2D eigenvalue weighted by Gasteiger charge is 2.11. The smallest absolute Gasteiger partial charge is 0.421 e. The van der Waals surface area contributed by atoms with Crippen LogP contribution in [0.15, 0.2) is 17.5 Å². The molecule has 1 aromatic rings. The SMILES string of the molecule is O=C(NS(=O)(=O)Cl)OCCc1cccs1. The molecule has 1 rings (SSSR count). The number of carbonyl (C=O) groups is 1. The highest BCUT2D eigenvalue weighted by atomic mass is 35.7. The molecule has 15 heavy (non-hydrogen) atoms. The average molecular weight is 270 g/mol. The van der Waals surface area contributed by atoms with Gasteiger partial charge in [-0.3, -0.25) is 0 Å². The maximum Gasteiger partial charge on any atom is 0.421 e. The Hall–Kier alpha value is -0.790. The number of nitrogens with one attached hydrogen (secondary N) is 1. The van der Waals surface area contributed by atoms with Gasteiger partial charge in [-0.2, -0.15) is 8.42 Å². The molecule has 0 aliphatic carbocycles. The molecule has 0 saturated carbocycles. The van der Waals surface area contributed by atoms with Crippen LogP contribution in [0.1, 0.15) is 4.88 Å². The lowest BCUT2D eigenvalue weighted by Gasteiger charge is -2.02. The van der Waals surface area contributed by atoms with Gasteiger partial charge < -0.3 is 4.74 Å². The van der Waals surface area contributed by atoms with Crippen molar-refractivity contribution in [1.82, 2.24) is 4.72 Å². The fraction of sp³-hybridized carbons (Fsp3) is 0.286. The van der Waals surface area contributed by atoms with Crippen molar-refractivity contribution in [3.63, 3.8) is 0 Å². The summed E-state index contributed by atoms with van der Waals surface area (Å²) in [6, 6.07) is 3.77. The molecule has 0 atom stereocenters. The molecule has 0 fully saturated rings. The number of ether oxygens (including phenoxy) is 1. The molecule has 0 spiro atoms. The van der Waals surface area contributed by atoms with E-state index in [2.05, 4.69) is 4.74 Å². The summed E-state index contributed by atoms with van der Waals surface area (Å²) in [5.41, 5.74) is 0. The van der Waals surface area contributed by atoms with Crippen molar-refractivity contribution in [2.24, 2.45) is 0 Å². The summed E-state index contributed by atoms with van der Waals surface area (Å²) in [5, 5.41) is 1.90. The number of amides is 1. The molecule has 1 aromatic heterocycles. The number of hydrogen-bond donors (Lipinski definition) is 1. The molecule has 1 heterocycles. The third-order valence-corrected chi connectivity index (χ3v) is 2.95. The molecule has 1 amide bonds. The van der Waals surface area contributed by atoms with E-state index >= 15 is 0 Å². The first kappa shape index (κ1) is 12.3. The van der Waals surface area contributed by atoms with Crippen LogP contribution in [0.2, 0.25) is 0 Å². The predicted molar refractivity (Wildman–Crippen MR) is 57.3 cm³/mol. The normalized spacial score (nSPS) is 11.0. The molecule has 5 nitrogen and oxygen atoms in total. The Morgan fingerprint density at radius 2 is 2.33 bits per heavy atom. The molecular weight excluding hydrogens is 262 g/mol. The van der Waals surface area contributed by atoms with Crippen molar-refractivity contribution in [2.45, 2.75) is 6.42 Å². The summed E-state index contributed by atoms with van der Waals surface area (Å²) in [5.74, 6) is 0. The van der Waals surface area contributed by atoms with Crippen molar-refractivity contribution in [1.29, 1.82) is 0 Å². The quantitative estimate of drug-likeness (QED) is 0.841. The number of carbonyl (C=O) groups excluding carboxylic acids is 1. The van der Waals surface area contributed by atoms with Crippen LogP contribution >= 0.6 is 22.0 Å². The van der Waals surface area contributed by atoms with Gasteiger partial charge in [0, 0.05) is 22.0 Å². The van der Waals surface area contributed by atoms with Crippen LogP contribution in [0, 0.1) is 0 Å².